The Kier molecular flexibility index (Phi) is 6.22. The van der Waals surface area contributed by atoms with Crippen molar-refractivity contribution in [2.45, 2.75) is 0 Å². The summed E-state index contributed by atoms with van der Waals surface area (Å²) in [4.78, 5) is 4.00. The lowest BCUT2D eigenvalue weighted by Crippen LogP contribution is -1.98. The maximum absolute atomic E-state index is 9.86. The van der Waals surface area contributed by atoms with E-state index < -0.39 is 0 Å². The summed E-state index contributed by atoms with van der Waals surface area (Å²) in [5.41, 5.74) is 11.7. The van der Waals surface area contributed by atoms with E-state index in [4.69, 9.17) is 6.57 Å². The fourth-order valence-electron chi connectivity index (χ4n) is 7.31. The van der Waals surface area contributed by atoms with Gasteiger partial charge in [0.2, 0.25) is 5.69 Å². The quantitative estimate of drug-likeness (QED) is 0.183. The Bertz CT molecular complexity index is 2750. The minimum absolute atomic E-state index is 0.611. The lowest BCUT2D eigenvalue weighted by atomic mass is 9.97. The molecule has 0 fully saturated rings. The number of benzene rings is 7. The Hall–Kier alpha value is -6.88. The van der Waals surface area contributed by atoms with E-state index in [-0.39, 0.29) is 0 Å². The van der Waals surface area contributed by atoms with Crippen LogP contribution in [0.5, 0.6) is 0 Å². The summed E-state index contributed by atoms with van der Waals surface area (Å²) in [7, 11) is 0. The predicted octanol–water partition coefficient (Wildman–Crippen LogP) is 11.6. The average molecular weight is 611 g/mol. The molecule has 222 valence electrons. The molecule has 4 nitrogen and oxygen atoms in total. The minimum Gasteiger partial charge on any atom is -0.318 e. The molecule has 0 aliphatic heterocycles. The van der Waals surface area contributed by atoms with Crippen LogP contribution < -0.4 is 0 Å². The molecule has 0 unspecified atom stereocenters. The smallest absolute Gasteiger partial charge is 0.211 e. The SMILES string of the molecule is [C-]#[N+]c1cccc(-c2cccc(-c3ccc(-n4c5ccccc5c5c(C#N)cccc54)cc3)c2)c1-n1c2ccccc2c2ccccc21. The number of rotatable bonds is 4. The molecule has 0 radical (unpaired) electrons. The molecule has 0 aliphatic rings. The Labute approximate surface area is 277 Å². The van der Waals surface area contributed by atoms with E-state index in [0.29, 0.717) is 11.3 Å². The van der Waals surface area contributed by atoms with Gasteiger partial charge in [-0.3, -0.25) is 0 Å². The summed E-state index contributed by atoms with van der Waals surface area (Å²) in [6.45, 7) is 8.14. The molecule has 2 aromatic heterocycles. The molecule has 0 N–H and O–H groups in total. The van der Waals surface area contributed by atoms with E-state index in [2.05, 4.69) is 141 Å². The van der Waals surface area contributed by atoms with Gasteiger partial charge in [-0.1, -0.05) is 109 Å². The number of nitriles is 1. The third kappa shape index (κ3) is 4.07. The van der Waals surface area contributed by atoms with Crippen LogP contribution in [0.3, 0.4) is 0 Å². The Balaban J connectivity index is 1.18. The van der Waals surface area contributed by atoms with Gasteiger partial charge < -0.3 is 9.13 Å². The summed E-state index contributed by atoms with van der Waals surface area (Å²) in [5, 5.41) is 14.2. The standard InChI is InChI=1S/C44H26N4/c1-46-38-18-10-17-34(44(38)48-39-19-5-2-14-35(39)36-15-3-6-20-40(36)48)31-12-8-11-30(27-31)29-23-25-33(26-24-29)47-41-21-7-4-16-37(41)43-32(28-45)13-9-22-42(43)47/h2-27H. The second kappa shape index (κ2) is 10.9. The molecule has 0 saturated carbocycles. The third-order valence-electron chi connectivity index (χ3n) is 9.39. The highest BCUT2D eigenvalue weighted by molar-refractivity contribution is 6.12. The zero-order valence-corrected chi connectivity index (χ0v) is 25.8. The monoisotopic (exact) mass is 610 g/mol. The normalized spacial score (nSPS) is 11.3. The molecule has 2 heterocycles. The first-order valence-electron chi connectivity index (χ1n) is 15.9. The van der Waals surface area contributed by atoms with Crippen molar-refractivity contribution in [3.05, 3.63) is 175 Å². The van der Waals surface area contributed by atoms with Crippen molar-refractivity contribution in [2.75, 3.05) is 0 Å². The number of hydrogen-bond donors (Lipinski definition) is 0. The van der Waals surface area contributed by atoms with Crippen LogP contribution >= 0.6 is 0 Å². The summed E-state index contributed by atoms with van der Waals surface area (Å²) >= 11 is 0. The molecular weight excluding hydrogens is 585 g/mol. The molecule has 48 heavy (non-hydrogen) atoms. The average Bonchev–Trinajstić information content (AvgIpc) is 3.68. The lowest BCUT2D eigenvalue weighted by molar-refractivity contribution is 1.18. The van der Waals surface area contributed by atoms with Gasteiger partial charge in [0.1, 0.15) is 0 Å². The fourth-order valence-corrected chi connectivity index (χ4v) is 7.31. The summed E-state index contributed by atoms with van der Waals surface area (Å²) in [6, 6.07) is 56.6. The first-order chi connectivity index (χ1) is 23.7. The molecule has 0 spiro atoms. The molecule has 9 aromatic rings. The highest BCUT2D eigenvalue weighted by Gasteiger charge is 2.19. The van der Waals surface area contributed by atoms with Crippen molar-refractivity contribution < 1.29 is 0 Å². The van der Waals surface area contributed by atoms with Crippen LogP contribution in [0.2, 0.25) is 0 Å². The fraction of sp³-hybridized carbons (Fsp3) is 0. The van der Waals surface area contributed by atoms with Crippen LogP contribution in [0.25, 0.3) is 82.1 Å². The minimum atomic E-state index is 0.611. The van der Waals surface area contributed by atoms with Crippen molar-refractivity contribution in [1.29, 1.82) is 5.26 Å². The number of aromatic nitrogens is 2. The number of nitrogens with zero attached hydrogens (tertiary/aromatic N) is 4. The summed E-state index contributed by atoms with van der Waals surface area (Å²) in [6.07, 6.45) is 0. The van der Waals surface area contributed by atoms with Crippen molar-refractivity contribution in [3.63, 3.8) is 0 Å². The topological polar surface area (TPSA) is 38.0 Å². The Morgan fingerprint density at radius 3 is 1.77 bits per heavy atom. The van der Waals surface area contributed by atoms with Gasteiger partial charge in [-0.25, -0.2) is 4.85 Å². The highest BCUT2D eigenvalue weighted by Crippen LogP contribution is 2.41. The zero-order chi connectivity index (χ0) is 32.2. The van der Waals surface area contributed by atoms with Crippen LogP contribution in [-0.2, 0) is 0 Å². The first-order valence-corrected chi connectivity index (χ1v) is 15.9. The second-order valence-corrected chi connectivity index (χ2v) is 11.9. The molecule has 0 bridgehead atoms. The number of hydrogen-bond acceptors (Lipinski definition) is 1. The largest absolute Gasteiger partial charge is 0.318 e. The van der Waals surface area contributed by atoms with Crippen LogP contribution in [0.4, 0.5) is 5.69 Å². The van der Waals surface area contributed by atoms with Crippen molar-refractivity contribution in [3.8, 4) is 39.7 Å². The van der Waals surface area contributed by atoms with Crippen LogP contribution in [-0.4, -0.2) is 9.13 Å². The van der Waals surface area contributed by atoms with Gasteiger partial charge in [-0.05, 0) is 70.8 Å². The molecule has 9 rings (SSSR count). The molecular formula is C44H26N4. The first kappa shape index (κ1) is 27.4. The Morgan fingerprint density at radius 1 is 0.500 bits per heavy atom. The van der Waals surface area contributed by atoms with Gasteiger partial charge in [0.25, 0.3) is 0 Å². The number of para-hydroxylation sites is 4. The molecule has 0 amide bonds. The maximum Gasteiger partial charge on any atom is 0.211 e. The Morgan fingerprint density at radius 2 is 1.08 bits per heavy atom. The second-order valence-electron chi connectivity index (χ2n) is 11.9. The van der Waals surface area contributed by atoms with Gasteiger partial charge in [0.05, 0.1) is 46.0 Å². The molecule has 4 heteroatoms. The van der Waals surface area contributed by atoms with E-state index in [9.17, 15) is 5.26 Å². The highest BCUT2D eigenvalue weighted by atomic mass is 15.0. The molecule has 0 saturated heterocycles. The van der Waals surface area contributed by atoms with Crippen molar-refractivity contribution >= 4 is 49.3 Å². The van der Waals surface area contributed by atoms with E-state index >= 15 is 0 Å². The van der Waals surface area contributed by atoms with Crippen LogP contribution in [0, 0.1) is 17.9 Å². The maximum atomic E-state index is 9.86. The summed E-state index contributed by atoms with van der Waals surface area (Å²) < 4.78 is 4.48. The number of fused-ring (bicyclic) bond motifs is 6. The van der Waals surface area contributed by atoms with Gasteiger partial charge in [-0.2, -0.15) is 5.26 Å². The van der Waals surface area contributed by atoms with E-state index in [0.717, 1.165) is 66.5 Å². The van der Waals surface area contributed by atoms with Gasteiger partial charge in [-0.15, -0.1) is 0 Å². The van der Waals surface area contributed by atoms with Crippen molar-refractivity contribution in [2.24, 2.45) is 0 Å². The van der Waals surface area contributed by atoms with Crippen molar-refractivity contribution in [1.82, 2.24) is 9.13 Å². The van der Waals surface area contributed by atoms with Gasteiger partial charge in [0.15, 0.2) is 0 Å². The van der Waals surface area contributed by atoms with E-state index in [1.165, 1.54) is 10.8 Å². The van der Waals surface area contributed by atoms with E-state index in [1.807, 2.05) is 36.4 Å². The van der Waals surface area contributed by atoms with Gasteiger partial charge in [0, 0.05) is 27.2 Å². The predicted molar refractivity (Wildman–Crippen MR) is 197 cm³/mol. The molecule has 0 aliphatic carbocycles. The van der Waals surface area contributed by atoms with Crippen LogP contribution in [0.1, 0.15) is 5.56 Å². The van der Waals surface area contributed by atoms with Crippen LogP contribution in [0.15, 0.2) is 158 Å². The van der Waals surface area contributed by atoms with E-state index in [1.54, 1.807) is 0 Å². The van der Waals surface area contributed by atoms with Gasteiger partial charge >= 0.3 is 0 Å². The lowest BCUT2D eigenvalue weighted by Gasteiger charge is -2.17. The zero-order valence-electron chi connectivity index (χ0n) is 25.8. The third-order valence-corrected chi connectivity index (χ3v) is 9.39. The molecule has 7 aromatic carbocycles. The molecule has 0 atom stereocenters. The summed E-state index contributed by atoms with van der Waals surface area (Å²) in [5.74, 6) is 0.